The van der Waals surface area contributed by atoms with Gasteiger partial charge in [-0.1, -0.05) is 69.6 Å². The van der Waals surface area contributed by atoms with Crippen molar-refractivity contribution in [3.63, 3.8) is 0 Å². The molecule has 0 bridgehead atoms. The average molecular weight is 706 g/mol. The summed E-state index contributed by atoms with van der Waals surface area (Å²) in [7, 11) is 0. The van der Waals surface area contributed by atoms with E-state index < -0.39 is 29.2 Å². The van der Waals surface area contributed by atoms with Crippen LogP contribution in [0.2, 0.25) is 0 Å². The zero-order valence-electron chi connectivity index (χ0n) is 25.1. The van der Waals surface area contributed by atoms with Gasteiger partial charge in [0.25, 0.3) is 5.91 Å². The van der Waals surface area contributed by atoms with Crippen LogP contribution < -0.4 is 15.6 Å². The van der Waals surface area contributed by atoms with Gasteiger partial charge in [-0.05, 0) is 53.1 Å². The lowest BCUT2D eigenvalue weighted by Crippen LogP contribution is -2.54. The summed E-state index contributed by atoms with van der Waals surface area (Å²) in [4.78, 5) is 22.3. The Morgan fingerprint density at radius 2 is 1.79 bits per heavy atom. The molecule has 1 amide bonds. The number of nitrogens with zero attached hydrogens (tertiary/aromatic N) is 4. The number of aliphatic imine (C=N–C) groups is 1. The molecular formula is C34H31BrF2N6O4. The van der Waals surface area contributed by atoms with Crippen LogP contribution in [0, 0.1) is 11.6 Å². The molecule has 1 heterocycles. The zero-order valence-corrected chi connectivity index (χ0v) is 26.7. The van der Waals surface area contributed by atoms with Gasteiger partial charge in [0.1, 0.15) is 17.4 Å². The fourth-order valence-corrected chi connectivity index (χ4v) is 5.72. The number of hydrogen-bond donors (Lipinski definition) is 3. The van der Waals surface area contributed by atoms with Gasteiger partial charge in [-0.2, -0.15) is 0 Å². The van der Waals surface area contributed by atoms with E-state index in [1.807, 2.05) is 48.5 Å². The Bertz CT molecular complexity index is 1800. The number of carbonyl (C=O) groups is 1. The normalized spacial score (nSPS) is 16.9. The van der Waals surface area contributed by atoms with Crippen molar-refractivity contribution in [3.05, 3.63) is 145 Å². The molecule has 10 nitrogen and oxygen atoms in total. The minimum Gasteiger partial charge on any atom is -0.494 e. The predicted octanol–water partition coefficient (Wildman–Crippen LogP) is 6.62. The first-order valence-electron chi connectivity index (χ1n) is 14.7. The molecule has 0 unspecified atom stereocenters. The van der Waals surface area contributed by atoms with Crippen molar-refractivity contribution in [1.29, 1.82) is 0 Å². The lowest BCUT2D eigenvalue weighted by Gasteiger charge is -2.32. The standard InChI is InChI=1S/C34H31BrF2N6O4/c35-29-9-4-3-8-28(29)31-34(19-23-6-1-2-7-24(23)20-40-43-38,33(45)42-39-21-25-10-13-26(36)18-30(25)37)41-32(47-31)22-11-14-27(15-12-22)46-17-5-16-44/h1-4,6-15,18,31,39,44H,5,16-17,19-21H2,(H,42,45)/t31-,34-/m0/s1. The summed E-state index contributed by atoms with van der Waals surface area (Å²) < 4.78 is 40.8. The summed E-state index contributed by atoms with van der Waals surface area (Å²) >= 11 is 3.61. The molecule has 4 aromatic rings. The SMILES string of the molecule is [N-]=[N+]=NCc1ccccc1C[C@]1(C(=O)NNCc2ccc(F)cc2F)N=C(c2ccc(OCCCO)cc2)O[C@H]1c1ccccc1Br. The van der Waals surface area contributed by atoms with Crippen molar-refractivity contribution < 1.29 is 28.2 Å². The molecule has 1 aliphatic rings. The number of amides is 1. The van der Waals surface area contributed by atoms with E-state index >= 15 is 0 Å². The van der Waals surface area contributed by atoms with Crippen LogP contribution in [0.15, 0.2) is 106 Å². The molecular weight excluding hydrogens is 674 g/mol. The fourth-order valence-electron chi connectivity index (χ4n) is 5.22. The molecule has 0 saturated heterocycles. The first kappa shape index (κ1) is 33.6. The number of aliphatic hydroxyl groups excluding tert-OH is 1. The van der Waals surface area contributed by atoms with E-state index in [-0.39, 0.29) is 37.6 Å². The third-order valence-electron chi connectivity index (χ3n) is 7.60. The van der Waals surface area contributed by atoms with Crippen molar-refractivity contribution in [3.8, 4) is 5.75 Å². The topological polar surface area (TPSA) is 141 Å². The van der Waals surface area contributed by atoms with Crippen LogP contribution in [0.1, 0.15) is 40.3 Å². The van der Waals surface area contributed by atoms with Crippen LogP contribution in [-0.4, -0.2) is 35.7 Å². The number of ether oxygens (including phenoxy) is 2. The van der Waals surface area contributed by atoms with E-state index in [0.29, 0.717) is 45.5 Å². The lowest BCUT2D eigenvalue weighted by molar-refractivity contribution is -0.130. The first-order chi connectivity index (χ1) is 22.8. The van der Waals surface area contributed by atoms with Crippen LogP contribution in [-0.2, 0) is 29.0 Å². The number of nitrogens with one attached hydrogen (secondary N) is 2. The number of carbonyl (C=O) groups excluding carboxylic acids is 1. The third kappa shape index (κ3) is 7.95. The second kappa shape index (κ2) is 15.7. The van der Waals surface area contributed by atoms with Crippen LogP contribution in [0.5, 0.6) is 5.75 Å². The Morgan fingerprint density at radius 3 is 2.51 bits per heavy atom. The zero-order chi connectivity index (χ0) is 33.2. The Labute approximate surface area is 278 Å². The molecule has 4 aromatic carbocycles. The highest BCUT2D eigenvalue weighted by Crippen LogP contribution is 2.45. The number of halogens is 3. The van der Waals surface area contributed by atoms with Gasteiger partial charge in [0.15, 0.2) is 11.6 Å². The number of aliphatic hydroxyl groups is 1. The Balaban J connectivity index is 1.57. The maximum Gasteiger partial charge on any atom is 0.266 e. The van der Waals surface area contributed by atoms with Gasteiger partial charge < -0.3 is 14.6 Å². The molecule has 0 saturated carbocycles. The van der Waals surface area contributed by atoms with E-state index in [0.717, 1.165) is 12.1 Å². The summed E-state index contributed by atoms with van der Waals surface area (Å²) in [5.41, 5.74) is 15.7. The van der Waals surface area contributed by atoms with Crippen LogP contribution in [0.25, 0.3) is 10.4 Å². The molecule has 0 aliphatic carbocycles. The first-order valence-corrected chi connectivity index (χ1v) is 15.5. The minimum absolute atomic E-state index is 0.0169. The number of rotatable bonds is 14. The summed E-state index contributed by atoms with van der Waals surface area (Å²) in [6.07, 6.45) is -0.405. The van der Waals surface area contributed by atoms with Crippen LogP contribution in [0.4, 0.5) is 8.78 Å². The lowest BCUT2D eigenvalue weighted by atomic mass is 9.81. The Morgan fingerprint density at radius 1 is 1.04 bits per heavy atom. The van der Waals surface area contributed by atoms with E-state index in [4.69, 9.17) is 25.1 Å². The van der Waals surface area contributed by atoms with Crippen molar-refractivity contribution in [2.45, 2.75) is 37.6 Å². The van der Waals surface area contributed by atoms with E-state index in [1.54, 1.807) is 24.3 Å². The maximum atomic E-state index is 14.4. The summed E-state index contributed by atoms with van der Waals surface area (Å²) in [6, 6.07) is 24.9. The molecule has 13 heteroatoms. The van der Waals surface area contributed by atoms with Crippen LogP contribution in [0.3, 0.4) is 0 Å². The van der Waals surface area contributed by atoms with Gasteiger partial charge in [-0.3, -0.25) is 10.2 Å². The second-order valence-electron chi connectivity index (χ2n) is 10.7. The number of hydrazine groups is 1. The van der Waals surface area contributed by atoms with E-state index in [1.165, 1.54) is 6.07 Å². The molecule has 2 atom stereocenters. The van der Waals surface area contributed by atoms with Crippen molar-refractivity contribution in [1.82, 2.24) is 10.9 Å². The second-order valence-corrected chi connectivity index (χ2v) is 11.5. The van der Waals surface area contributed by atoms with Gasteiger partial charge >= 0.3 is 0 Å². The molecule has 242 valence electrons. The molecule has 1 aliphatic heterocycles. The predicted molar refractivity (Wildman–Crippen MR) is 175 cm³/mol. The Kier molecular flexibility index (Phi) is 11.2. The highest BCUT2D eigenvalue weighted by Gasteiger charge is 2.54. The molecule has 0 aromatic heterocycles. The number of benzene rings is 4. The van der Waals surface area contributed by atoms with Gasteiger partial charge in [-0.25, -0.2) is 19.2 Å². The van der Waals surface area contributed by atoms with Crippen molar-refractivity contribution in [2.75, 3.05) is 13.2 Å². The van der Waals surface area contributed by atoms with Gasteiger partial charge in [0.2, 0.25) is 5.90 Å². The maximum absolute atomic E-state index is 14.4. The highest BCUT2D eigenvalue weighted by atomic mass is 79.9. The monoisotopic (exact) mass is 704 g/mol. The molecule has 47 heavy (non-hydrogen) atoms. The quantitative estimate of drug-likeness (QED) is 0.0445. The highest BCUT2D eigenvalue weighted by molar-refractivity contribution is 9.10. The van der Waals surface area contributed by atoms with Gasteiger partial charge in [0.05, 0.1) is 13.2 Å². The summed E-state index contributed by atoms with van der Waals surface area (Å²) in [5, 5.41) is 12.8. The Hall–Kier alpha value is -4.81. The molecule has 3 N–H and O–H groups in total. The summed E-state index contributed by atoms with van der Waals surface area (Å²) in [5.74, 6) is -1.23. The van der Waals surface area contributed by atoms with Gasteiger partial charge in [0, 0.05) is 58.1 Å². The smallest absolute Gasteiger partial charge is 0.266 e. The van der Waals surface area contributed by atoms with Gasteiger partial charge in [-0.15, -0.1) is 0 Å². The van der Waals surface area contributed by atoms with Crippen molar-refractivity contribution in [2.24, 2.45) is 10.1 Å². The fraction of sp³-hybridized carbons (Fsp3) is 0.235. The third-order valence-corrected chi connectivity index (χ3v) is 8.32. The average Bonchev–Trinajstić information content (AvgIpc) is 3.46. The molecule has 0 radical (unpaired) electrons. The largest absolute Gasteiger partial charge is 0.494 e. The molecule has 0 fully saturated rings. The summed E-state index contributed by atoms with van der Waals surface area (Å²) in [6.45, 7) is 0.297. The van der Waals surface area contributed by atoms with Crippen LogP contribution >= 0.6 is 15.9 Å². The number of hydrogen-bond acceptors (Lipinski definition) is 7. The molecule has 5 rings (SSSR count). The van der Waals surface area contributed by atoms with E-state index in [9.17, 15) is 13.6 Å². The molecule has 0 spiro atoms. The van der Waals surface area contributed by atoms with Crippen molar-refractivity contribution >= 4 is 27.7 Å². The minimum atomic E-state index is -1.61. The van der Waals surface area contributed by atoms with E-state index in [2.05, 4.69) is 36.8 Å². The number of azide groups is 1.